The molecule has 0 saturated heterocycles. The average molecular weight is 232 g/mol. The fourth-order valence-electron chi connectivity index (χ4n) is 1.44. The maximum absolute atomic E-state index is 11.2. The second-order valence-corrected chi connectivity index (χ2v) is 3.37. The Labute approximate surface area is 98.4 Å². The second kappa shape index (κ2) is 4.69. The van der Waals surface area contributed by atoms with Crippen molar-refractivity contribution in [3.63, 3.8) is 0 Å². The number of benzene rings is 1. The highest BCUT2D eigenvalue weighted by Crippen LogP contribution is 2.20. The largest absolute Gasteiger partial charge is 0.497 e. The van der Waals surface area contributed by atoms with Crippen molar-refractivity contribution >= 4 is 5.97 Å². The Kier molecular flexibility index (Phi) is 3.09. The first-order valence-electron chi connectivity index (χ1n) is 5.02. The number of H-pyrrole nitrogens is 1. The molecule has 0 spiro atoms. The number of ether oxygens (including phenoxy) is 2. The van der Waals surface area contributed by atoms with Crippen LogP contribution in [0.2, 0.25) is 0 Å². The van der Waals surface area contributed by atoms with Crippen LogP contribution in [0, 0.1) is 0 Å². The molecule has 0 unspecified atom stereocenters. The molecule has 2 aromatic rings. The first-order valence-corrected chi connectivity index (χ1v) is 5.02. The third kappa shape index (κ3) is 2.28. The van der Waals surface area contributed by atoms with E-state index in [9.17, 15) is 4.79 Å². The Bertz CT molecular complexity index is 517. The molecule has 1 N–H and O–H groups in total. The molecule has 5 heteroatoms. The minimum Gasteiger partial charge on any atom is -0.497 e. The van der Waals surface area contributed by atoms with E-state index in [0.717, 1.165) is 17.0 Å². The lowest BCUT2D eigenvalue weighted by Gasteiger charge is -2.00. The van der Waals surface area contributed by atoms with Crippen molar-refractivity contribution in [3.8, 4) is 17.0 Å². The molecule has 0 bridgehead atoms. The average Bonchev–Trinajstić information content (AvgIpc) is 2.87. The molecular weight excluding hydrogens is 220 g/mol. The summed E-state index contributed by atoms with van der Waals surface area (Å²) in [6.07, 6.45) is 1.59. The lowest BCUT2D eigenvalue weighted by molar-refractivity contribution is 0.0588. The number of aromatic nitrogens is 2. The fraction of sp³-hybridized carbons (Fsp3) is 0.167. The van der Waals surface area contributed by atoms with Gasteiger partial charge in [-0.05, 0) is 29.8 Å². The van der Waals surface area contributed by atoms with E-state index in [2.05, 4.69) is 14.7 Å². The highest BCUT2D eigenvalue weighted by molar-refractivity contribution is 5.86. The zero-order valence-corrected chi connectivity index (χ0v) is 9.56. The van der Waals surface area contributed by atoms with Gasteiger partial charge in [-0.3, -0.25) is 0 Å². The number of hydrogen-bond donors (Lipinski definition) is 1. The Balaban J connectivity index is 2.27. The van der Waals surface area contributed by atoms with Crippen molar-refractivity contribution in [2.24, 2.45) is 0 Å². The fourth-order valence-corrected chi connectivity index (χ4v) is 1.44. The topological polar surface area (TPSA) is 64.2 Å². The van der Waals surface area contributed by atoms with Gasteiger partial charge in [0, 0.05) is 0 Å². The normalized spacial score (nSPS) is 10.0. The third-order valence-electron chi connectivity index (χ3n) is 2.36. The molecule has 0 atom stereocenters. The van der Waals surface area contributed by atoms with Crippen LogP contribution in [0.4, 0.5) is 0 Å². The summed E-state index contributed by atoms with van der Waals surface area (Å²) < 4.78 is 9.64. The van der Waals surface area contributed by atoms with E-state index < -0.39 is 5.97 Å². The molecule has 0 aliphatic heterocycles. The van der Waals surface area contributed by atoms with Crippen LogP contribution in [-0.2, 0) is 4.74 Å². The van der Waals surface area contributed by atoms with Crippen LogP contribution < -0.4 is 4.74 Å². The molecule has 88 valence electrons. The van der Waals surface area contributed by atoms with E-state index in [1.54, 1.807) is 13.3 Å². The summed E-state index contributed by atoms with van der Waals surface area (Å²) in [7, 11) is 2.93. The third-order valence-corrected chi connectivity index (χ3v) is 2.36. The zero-order valence-electron chi connectivity index (χ0n) is 9.56. The summed E-state index contributed by atoms with van der Waals surface area (Å²) in [6, 6.07) is 7.45. The van der Waals surface area contributed by atoms with Crippen LogP contribution in [0.15, 0.2) is 30.5 Å². The van der Waals surface area contributed by atoms with Crippen molar-refractivity contribution in [1.82, 2.24) is 9.97 Å². The van der Waals surface area contributed by atoms with E-state index in [-0.39, 0.29) is 5.82 Å². The van der Waals surface area contributed by atoms with Crippen LogP contribution in [0.3, 0.4) is 0 Å². The lowest BCUT2D eigenvalue weighted by Crippen LogP contribution is -2.03. The zero-order chi connectivity index (χ0) is 12.3. The van der Waals surface area contributed by atoms with E-state index in [4.69, 9.17) is 4.74 Å². The number of nitrogens with one attached hydrogen (secondary N) is 1. The molecule has 1 heterocycles. The van der Waals surface area contributed by atoms with Crippen molar-refractivity contribution < 1.29 is 14.3 Å². The van der Waals surface area contributed by atoms with E-state index >= 15 is 0 Å². The number of carbonyl (C=O) groups is 1. The van der Waals surface area contributed by atoms with Gasteiger partial charge >= 0.3 is 5.97 Å². The second-order valence-electron chi connectivity index (χ2n) is 3.37. The summed E-state index contributed by atoms with van der Waals surface area (Å²) in [4.78, 5) is 18.1. The van der Waals surface area contributed by atoms with Gasteiger partial charge in [-0.2, -0.15) is 0 Å². The molecule has 5 nitrogen and oxygen atoms in total. The maximum Gasteiger partial charge on any atom is 0.374 e. The molecular formula is C12H12N2O3. The molecule has 17 heavy (non-hydrogen) atoms. The smallest absolute Gasteiger partial charge is 0.374 e. The number of hydrogen-bond acceptors (Lipinski definition) is 4. The van der Waals surface area contributed by atoms with Crippen LogP contribution in [0.5, 0.6) is 5.75 Å². The quantitative estimate of drug-likeness (QED) is 0.820. The number of rotatable bonds is 3. The standard InChI is InChI=1S/C12H12N2O3/c1-16-9-5-3-8(4-6-9)10-7-13-11(14-10)12(15)17-2/h3-7H,1-2H3,(H,13,14). The predicted octanol–water partition coefficient (Wildman–Crippen LogP) is 1.87. The molecule has 0 aliphatic carbocycles. The molecule has 0 saturated carbocycles. The summed E-state index contributed by atoms with van der Waals surface area (Å²) in [5.41, 5.74) is 1.68. The van der Waals surface area contributed by atoms with Gasteiger partial charge in [0.2, 0.25) is 5.82 Å². The van der Waals surface area contributed by atoms with Crippen molar-refractivity contribution in [2.45, 2.75) is 0 Å². The maximum atomic E-state index is 11.2. The number of methoxy groups -OCH3 is 2. The highest BCUT2D eigenvalue weighted by Gasteiger charge is 2.10. The molecule has 0 amide bonds. The predicted molar refractivity (Wildman–Crippen MR) is 61.9 cm³/mol. The molecule has 1 aromatic carbocycles. The minimum atomic E-state index is -0.482. The summed E-state index contributed by atoms with van der Waals surface area (Å²) in [6.45, 7) is 0. The molecule has 2 rings (SSSR count). The monoisotopic (exact) mass is 232 g/mol. The van der Waals surface area contributed by atoms with Gasteiger partial charge in [-0.25, -0.2) is 9.78 Å². The van der Waals surface area contributed by atoms with Crippen molar-refractivity contribution in [1.29, 1.82) is 0 Å². The molecule has 0 radical (unpaired) electrons. The van der Waals surface area contributed by atoms with Crippen LogP contribution in [-0.4, -0.2) is 30.2 Å². The summed E-state index contributed by atoms with van der Waals surface area (Å²) in [5.74, 6) is 0.490. The van der Waals surface area contributed by atoms with Crippen LogP contribution >= 0.6 is 0 Å². The van der Waals surface area contributed by atoms with Gasteiger partial charge < -0.3 is 14.5 Å². The Morgan fingerprint density at radius 2 is 1.94 bits per heavy atom. The van der Waals surface area contributed by atoms with E-state index in [1.807, 2.05) is 24.3 Å². The molecule has 0 fully saturated rings. The van der Waals surface area contributed by atoms with Crippen molar-refractivity contribution in [2.75, 3.05) is 14.2 Å². The summed E-state index contributed by atoms with van der Waals surface area (Å²) >= 11 is 0. The van der Waals surface area contributed by atoms with E-state index in [0.29, 0.717) is 0 Å². The lowest BCUT2D eigenvalue weighted by atomic mass is 10.2. The number of aromatic amines is 1. The summed E-state index contributed by atoms with van der Waals surface area (Å²) in [5, 5.41) is 0. The number of nitrogens with zero attached hydrogens (tertiary/aromatic N) is 1. The van der Waals surface area contributed by atoms with Gasteiger partial charge in [-0.15, -0.1) is 0 Å². The van der Waals surface area contributed by atoms with Gasteiger partial charge in [0.15, 0.2) is 0 Å². The van der Waals surface area contributed by atoms with Crippen LogP contribution in [0.1, 0.15) is 10.6 Å². The van der Waals surface area contributed by atoms with Gasteiger partial charge in [-0.1, -0.05) is 0 Å². The van der Waals surface area contributed by atoms with Crippen LogP contribution in [0.25, 0.3) is 11.3 Å². The first kappa shape index (κ1) is 11.2. The van der Waals surface area contributed by atoms with Gasteiger partial charge in [0.25, 0.3) is 0 Å². The SMILES string of the molecule is COC(=O)c1ncc(-c2ccc(OC)cc2)[nH]1. The number of imidazole rings is 1. The van der Waals surface area contributed by atoms with Gasteiger partial charge in [0.1, 0.15) is 5.75 Å². The Morgan fingerprint density at radius 1 is 1.24 bits per heavy atom. The number of carbonyl (C=O) groups excluding carboxylic acids is 1. The van der Waals surface area contributed by atoms with E-state index in [1.165, 1.54) is 7.11 Å². The first-order chi connectivity index (χ1) is 8.24. The highest BCUT2D eigenvalue weighted by atomic mass is 16.5. The molecule has 0 aliphatic rings. The Morgan fingerprint density at radius 3 is 2.53 bits per heavy atom. The van der Waals surface area contributed by atoms with Crippen molar-refractivity contribution in [3.05, 3.63) is 36.3 Å². The number of esters is 1. The Hall–Kier alpha value is -2.30. The minimum absolute atomic E-state index is 0.193. The molecule has 1 aromatic heterocycles. The van der Waals surface area contributed by atoms with Gasteiger partial charge in [0.05, 0.1) is 26.1 Å².